The molecule has 1 N–H and O–H groups in total. The maximum Gasteiger partial charge on any atom is 0.322 e. The molecule has 4 nitrogen and oxygen atoms in total. The number of benzene rings is 2. The first kappa shape index (κ1) is 22.1. The number of amides is 2. The van der Waals surface area contributed by atoms with Crippen molar-refractivity contribution in [3.05, 3.63) is 106 Å². The molecule has 178 valence electrons. The number of aryl methyl sites for hydroxylation is 2. The molecule has 6 rings (SSSR count). The van der Waals surface area contributed by atoms with Crippen LogP contribution in [0.1, 0.15) is 58.6 Å². The second-order valence-corrected chi connectivity index (χ2v) is 10.4. The standard InChI is InChI=1S/C29H28FN3OS/c1-2-19-9-15-22(16-10-19)31-29(34)33-18-24-23-6-3-4-8-26(23)35-28(24)32-17-5-7-25(32)27(33)20-11-13-21(30)14-12-20/h5,7,9-17,27H,2-4,6,8,18H2,1H3,(H,31,34)/t27-/m1/s1. The van der Waals surface area contributed by atoms with Gasteiger partial charge in [0.25, 0.3) is 0 Å². The van der Waals surface area contributed by atoms with Gasteiger partial charge < -0.3 is 14.8 Å². The van der Waals surface area contributed by atoms with Crippen LogP contribution in [0, 0.1) is 5.82 Å². The molecule has 0 bridgehead atoms. The third-order valence-corrected chi connectivity index (χ3v) is 8.57. The van der Waals surface area contributed by atoms with Crippen LogP contribution in [0.25, 0.3) is 5.00 Å². The summed E-state index contributed by atoms with van der Waals surface area (Å²) in [6.45, 7) is 2.64. The lowest BCUT2D eigenvalue weighted by Gasteiger charge is -2.31. The monoisotopic (exact) mass is 485 g/mol. The lowest BCUT2D eigenvalue weighted by Crippen LogP contribution is -2.38. The maximum atomic E-state index is 13.9. The van der Waals surface area contributed by atoms with Crippen molar-refractivity contribution in [1.29, 1.82) is 0 Å². The quantitative estimate of drug-likeness (QED) is 0.326. The summed E-state index contributed by atoms with van der Waals surface area (Å²) in [5, 5.41) is 4.35. The second kappa shape index (κ2) is 9.00. The number of hydrogen-bond acceptors (Lipinski definition) is 2. The first-order valence-electron chi connectivity index (χ1n) is 12.4. The fourth-order valence-corrected chi connectivity index (χ4v) is 6.81. The summed E-state index contributed by atoms with van der Waals surface area (Å²) in [7, 11) is 0. The molecule has 1 aliphatic heterocycles. The zero-order valence-corrected chi connectivity index (χ0v) is 20.6. The van der Waals surface area contributed by atoms with Crippen molar-refractivity contribution in [3.8, 4) is 5.00 Å². The molecule has 2 aromatic carbocycles. The highest BCUT2D eigenvalue weighted by Gasteiger charge is 2.36. The Morgan fingerprint density at radius 1 is 1.03 bits per heavy atom. The Hall–Kier alpha value is -3.38. The summed E-state index contributed by atoms with van der Waals surface area (Å²) in [5.74, 6) is -0.280. The van der Waals surface area contributed by atoms with Crippen molar-refractivity contribution < 1.29 is 9.18 Å². The van der Waals surface area contributed by atoms with Gasteiger partial charge in [-0.25, -0.2) is 9.18 Å². The number of rotatable bonds is 3. The smallest absolute Gasteiger partial charge is 0.310 e. The van der Waals surface area contributed by atoms with Crippen LogP contribution in [-0.2, 0) is 25.8 Å². The van der Waals surface area contributed by atoms with E-state index in [1.807, 2.05) is 46.6 Å². The van der Waals surface area contributed by atoms with Crippen LogP contribution in [-0.4, -0.2) is 15.5 Å². The summed E-state index contributed by atoms with van der Waals surface area (Å²) < 4.78 is 16.1. The summed E-state index contributed by atoms with van der Waals surface area (Å²) >= 11 is 1.86. The predicted molar refractivity (Wildman–Crippen MR) is 139 cm³/mol. The number of nitrogens with one attached hydrogen (secondary N) is 1. The Morgan fingerprint density at radius 2 is 1.80 bits per heavy atom. The second-order valence-electron chi connectivity index (χ2n) is 9.36. The molecule has 0 saturated heterocycles. The first-order chi connectivity index (χ1) is 17.1. The minimum atomic E-state index is -0.334. The van der Waals surface area contributed by atoms with E-state index in [9.17, 15) is 9.18 Å². The van der Waals surface area contributed by atoms with Crippen LogP contribution in [0.15, 0.2) is 66.9 Å². The van der Waals surface area contributed by atoms with Gasteiger partial charge in [0.1, 0.15) is 10.8 Å². The van der Waals surface area contributed by atoms with Gasteiger partial charge in [-0.15, -0.1) is 11.3 Å². The number of halogens is 1. The van der Waals surface area contributed by atoms with Gasteiger partial charge in [-0.2, -0.15) is 0 Å². The lowest BCUT2D eigenvalue weighted by molar-refractivity contribution is 0.194. The Morgan fingerprint density at radius 3 is 2.57 bits per heavy atom. The van der Waals surface area contributed by atoms with Crippen LogP contribution < -0.4 is 5.32 Å². The van der Waals surface area contributed by atoms with Gasteiger partial charge in [0.05, 0.1) is 18.3 Å². The average molecular weight is 486 g/mol. The molecule has 0 saturated carbocycles. The first-order valence-corrected chi connectivity index (χ1v) is 13.2. The van der Waals surface area contributed by atoms with E-state index in [1.54, 1.807) is 12.1 Å². The molecular weight excluding hydrogens is 457 g/mol. The third-order valence-electron chi connectivity index (χ3n) is 7.24. The fraction of sp³-hybridized carbons (Fsp3) is 0.276. The molecule has 6 heteroatoms. The number of hydrogen-bond donors (Lipinski definition) is 1. The largest absolute Gasteiger partial charge is 0.322 e. The molecule has 2 amide bonds. The van der Waals surface area contributed by atoms with E-state index in [0.717, 1.165) is 36.2 Å². The van der Waals surface area contributed by atoms with Crippen molar-refractivity contribution in [1.82, 2.24) is 9.47 Å². The van der Waals surface area contributed by atoms with Crippen molar-refractivity contribution in [2.75, 3.05) is 5.32 Å². The summed E-state index contributed by atoms with van der Waals surface area (Å²) in [6, 6.07) is 18.2. The zero-order chi connectivity index (χ0) is 23.9. The molecule has 0 unspecified atom stereocenters. The van der Waals surface area contributed by atoms with E-state index in [2.05, 4.69) is 29.1 Å². The van der Waals surface area contributed by atoms with Gasteiger partial charge in [0.2, 0.25) is 0 Å². The number of urea groups is 1. The zero-order valence-electron chi connectivity index (χ0n) is 19.8. The van der Waals surface area contributed by atoms with Gasteiger partial charge in [-0.3, -0.25) is 0 Å². The van der Waals surface area contributed by atoms with Crippen molar-refractivity contribution >= 4 is 23.1 Å². The highest BCUT2D eigenvalue weighted by molar-refractivity contribution is 7.15. The number of carbonyl (C=O) groups is 1. The van der Waals surface area contributed by atoms with E-state index >= 15 is 0 Å². The van der Waals surface area contributed by atoms with Gasteiger partial charge in [0, 0.05) is 22.3 Å². The number of fused-ring (bicyclic) bond motifs is 5. The Labute approximate surface area is 209 Å². The SMILES string of the molecule is CCc1ccc(NC(=O)N2Cc3c(sc4c3CCCC4)-n3cccc3[C@H]2c2ccc(F)cc2)cc1. The number of nitrogens with zero attached hydrogens (tertiary/aromatic N) is 2. The third kappa shape index (κ3) is 3.96. The minimum Gasteiger partial charge on any atom is -0.310 e. The summed E-state index contributed by atoms with van der Waals surface area (Å²) in [4.78, 5) is 17.3. The number of aromatic nitrogens is 1. The average Bonchev–Trinajstić information content (AvgIpc) is 3.47. The molecule has 1 atom stereocenters. The van der Waals surface area contributed by atoms with Crippen LogP contribution in [0.5, 0.6) is 0 Å². The lowest BCUT2D eigenvalue weighted by atomic mass is 9.95. The van der Waals surface area contributed by atoms with Gasteiger partial charge in [-0.1, -0.05) is 31.2 Å². The van der Waals surface area contributed by atoms with Crippen molar-refractivity contribution in [3.63, 3.8) is 0 Å². The summed E-state index contributed by atoms with van der Waals surface area (Å²) in [6.07, 6.45) is 7.63. The summed E-state index contributed by atoms with van der Waals surface area (Å²) in [5.41, 5.74) is 6.59. The maximum absolute atomic E-state index is 13.9. The molecule has 3 heterocycles. The molecule has 35 heavy (non-hydrogen) atoms. The molecular formula is C29H28FN3OS. The van der Waals surface area contributed by atoms with Crippen LogP contribution in [0.4, 0.5) is 14.9 Å². The fourth-order valence-electron chi connectivity index (χ4n) is 5.40. The Bertz CT molecular complexity index is 1370. The Kier molecular flexibility index (Phi) is 5.69. The van der Waals surface area contributed by atoms with Crippen molar-refractivity contribution in [2.24, 2.45) is 0 Å². The van der Waals surface area contributed by atoms with E-state index in [1.165, 1.54) is 51.5 Å². The minimum absolute atomic E-state index is 0.153. The molecule has 0 spiro atoms. The number of anilines is 1. The topological polar surface area (TPSA) is 37.3 Å². The highest BCUT2D eigenvalue weighted by atomic mass is 32.1. The molecule has 0 fully saturated rings. The van der Waals surface area contributed by atoms with E-state index in [0.29, 0.717) is 6.54 Å². The van der Waals surface area contributed by atoms with Crippen LogP contribution in [0.3, 0.4) is 0 Å². The van der Waals surface area contributed by atoms with E-state index in [-0.39, 0.29) is 17.9 Å². The molecule has 2 aliphatic rings. The molecule has 0 radical (unpaired) electrons. The molecule has 4 aromatic rings. The molecule has 2 aromatic heterocycles. The van der Waals surface area contributed by atoms with E-state index in [4.69, 9.17) is 0 Å². The van der Waals surface area contributed by atoms with Gasteiger partial charge >= 0.3 is 6.03 Å². The predicted octanol–water partition coefficient (Wildman–Crippen LogP) is 7.26. The number of carbonyl (C=O) groups excluding carboxylic acids is 1. The normalized spacial score (nSPS) is 16.7. The van der Waals surface area contributed by atoms with E-state index < -0.39 is 0 Å². The van der Waals surface area contributed by atoms with Crippen molar-refractivity contribution in [2.45, 2.75) is 51.6 Å². The number of thiophene rings is 1. The van der Waals surface area contributed by atoms with Crippen LogP contribution in [0.2, 0.25) is 0 Å². The molecule has 1 aliphatic carbocycles. The van der Waals surface area contributed by atoms with Gasteiger partial charge in [-0.05, 0) is 85.2 Å². The highest BCUT2D eigenvalue weighted by Crippen LogP contribution is 2.44. The Balaban J connectivity index is 1.46. The van der Waals surface area contributed by atoms with Gasteiger partial charge in [0.15, 0.2) is 0 Å². The van der Waals surface area contributed by atoms with Crippen LogP contribution >= 0.6 is 11.3 Å².